The summed E-state index contributed by atoms with van der Waals surface area (Å²) in [4.78, 5) is 37.4. The highest BCUT2D eigenvalue weighted by molar-refractivity contribution is 6.07. The van der Waals surface area contributed by atoms with E-state index in [4.69, 9.17) is 4.74 Å². The number of carbonyl (C=O) groups is 3. The second-order valence-corrected chi connectivity index (χ2v) is 5.66. The van der Waals surface area contributed by atoms with Gasteiger partial charge in [0.25, 0.3) is 0 Å². The van der Waals surface area contributed by atoms with E-state index in [9.17, 15) is 14.4 Å². The van der Waals surface area contributed by atoms with Gasteiger partial charge >= 0.3 is 0 Å². The van der Waals surface area contributed by atoms with Crippen molar-refractivity contribution in [2.75, 3.05) is 26.3 Å². The number of imide groups is 1. The summed E-state index contributed by atoms with van der Waals surface area (Å²) in [5, 5.41) is 2.73. The molecule has 0 aromatic heterocycles. The quantitative estimate of drug-likeness (QED) is 0.554. The molecule has 2 rings (SSSR count). The fourth-order valence-corrected chi connectivity index (χ4v) is 3.13. The number of hydrogen-bond acceptors (Lipinski definition) is 4. The second-order valence-electron chi connectivity index (χ2n) is 5.66. The van der Waals surface area contributed by atoms with Gasteiger partial charge in [-0.05, 0) is 26.2 Å². The maximum atomic E-state index is 12.2. The average Bonchev–Trinajstić information content (AvgIpc) is 2.73. The van der Waals surface area contributed by atoms with Crippen LogP contribution >= 0.6 is 0 Å². The number of carbonyl (C=O) groups excluding carboxylic acids is 3. The zero-order chi connectivity index (χ0) is 15.2. The van der Waals surface area contributed by atoms with Crippen LogP contribution in [0.25, 0.3) is 0 Å². The molecule has 2 unspecified atom stereocenters. The highest BCUT2D eigenvalue weighted by Crippen LogP contribution is 2.37. The van der Waals surface area contributed by atoms with Gasteiger partial charge in [0.1, 0.15) is 6.54 Å². The lowest BCUT2D eigenvalue weighted by molar-refractivity contribution is -0.143. The summed E-state index contributed by atoms with van der Waals surface area (Å²) in [6, 6.07) is 0. The Morgan fingerprint density at radius 3 is 2.43 bits per heavy atom. The van der Waals surface area contributed by atoms with Gasteiger partial charge in [-0.25, -0.2) is 0 Å². The van der Waals surface area contributed by atoms with E-state index in [0.29, 0.717) is 19.8 Å². The Morgan fingerprint density at radius 1 is 1.24 bits per heavy atom. The van der Waals surface area contributed by atoms with Crippen molar-refractivity contribution < 1.29 is 19.1 Å². The topological polar surface area (TPSA) is 75.7 Å². The maximum Gasteiger partial charge on any atom is 0.240 e. The van der Waals surface area contributed by atoms with Crippen LogP contribution in [-0.2, 0) is 19.1 Å². The molecule has 6 nitrogen and oxygen atoms in total. The molecule has 2 fully saturated rings. The van der Waals surface area contributed by atoms with E-state index >= 15 is 0 Å². The summed E-state index contributed by atoms with van der Waals surface area (Å²) in [5.41, 5.74) is 0. The Bertz CT molecular complexity index is 386. The van der Waals surface area contributed by atoms with Gasteiger partial charge in [-0.3, -0.25) is 19.3 Å². The molecule has 0 bridgehead atoms. The highest BCUT2D eigenvalue weighted by atomic mass is 16.5. The van der Waals surface area contributed by atoms with Gasteiger partial charge in [0.05, 0.1) is 11.8 Å². The highest BCUT2D eigenvalue weighted by Gasteiger charge is 2.48. The lowest BCUT2D eigenvalue weighted by Gasteiger charge is -2.19. The monoisotopic (exact) mass is 296 g/mol. The molecule has 1 N–H and O–H groups in total. The molecule has 1 aliphatic heterocycles. The fraction of sp³-hybridized carbons (Fsp3) is 0.800. The van der Waals surface area contributed by atoms with Crippen molar-refractivity contribution in [3.63, 3.8) is 0 Å². The van der Waals surface area contributed by atoms with Gasteiger partial charge < -0.3 is 10.1 Å². The van der Waals surface area contributed by atoms with Gasteiger partial charge in [0, 0.05) is 19.8 Å². The zero-order valence-electron chi connectivity index (χ0n) is 12.6. The Kier molecular flexibility index (Phi) is 5.73. The number of amides is 3. The second kappa shape index (κ2) is 7.54. The van der Waals surface area contributed by atoms with Gasteiger partial charge in [-0.1, -0.05) is 12.8 Å². The third kappa shape index (κ3) is 3.81. The molecule has 3 amide bonds. The number of rotatable bonds is 7. The Labute approximate surface area is 125 Å². The summed E-state index contributed by atoms with van der Waals surface area (Å²) in [5.74, 6) is -0.954. The Hall–Kier alpha value is -1.43. The van der Waals surface area contributed by atoms with Crippen LogP contribution in [-0.4, -0.2) is 48.9 Å². The van der Waals surface area contributed by atoms with Crippen molar-refractivity contribution in [3.8, 4) is 0 Å². The number of likely N-dealkylation sites (tertiary alicyclic amines) is 1. The van der Waals surface area contributed by atoms with Crippen LogP contribution in [0.15, 0.2) is 0 Å². The Balaban J connectivity index is 1.78. The lowest BCUT2D eigenvalue weighted by atomic mass is 9.81. The van der Waals surface area contributed by atoms with Crippen molar-refractivity contribution in [1.29, 1.82) is 0 Å². The van der Waals surface area contributed by atoms with Gasteiger partial charge in [0.2, 0.25) is 17.7 Å². The molecule has 0 radical (unpaired) electrons. The third-order valence-electron chi connectivity index (χ3n) is 4.23. The van der Waals surface area contributed by atoms with Crippen LogP contribution in [0, 0.1) is 11.8 Å². The van der Waals surface area contributed by atoms with Gasteiger partial charge in [-0.15, -0.1) is 0 Å². The van der Waals surface area contributed by atoms with Crippen molar-refractivity contribution in [1.82, 2.24) is 10.2 Å². The minimum atomic E-state index is -0.271. The number of hydrogen-bond donors (Lipinski definition) is 1. The average molecular weight is 296 g/mol. The van der Waals surface area contributed by atoms with E-state index < -0.39 is 0 Å². The van der Waals surface area contributed by atoms with Crippen molar-refractivity contribution in [2.45, 2.75) is 39.0 Å². The SMILES string of the molecule is CCOCCCNC(=O)CN1C(=O)C2CCCCC2C1=O. The number of nitrogens with zero attached hydrogens (tertiary/aromatic N) is 1. The first-order valence-electron chi connectivity index (χ1n) is 7.84. The van der Waals surface area contributed by atoms with Crippen molar-refractivity contribution in [3.05, 3.63) is 0 Å². The summed E-state index contributed by atoms with van der Waals surface area (Å²) in [7, 11) is 0. The third-order valence-corrected chi connectivity index (χ3v) is 4.23. The van der Waals surface area contributed by atoms with E-state index in [1.165, 1.54) is 0 Å². The van der Waals surface area contributed by atoms with Gasteiger partial charge in [0.15, 0.2) is 0 Å². The van der Waals surface area contributed by atoms with E-state index in [1.807, 2.05) is 6.92 Å². The van der Waals surface area contributed by atoms with Crippen LogP contribution in [0.1, 0.15) is 39.0 Å². The molecule has 1 saturated carbocycles. The van der Waals surface area contributed by atoms with Crippen LogP contribution in [0.2, 0.25) is 0 Å². The van der Waals surface area contributed by atoms with Gasteiger partial charge in [-0.2, -0.15) is 0 Å². The first-order valence-corrected chi connectivity index (χ1v) is 7.84. The Morgan fingerprint density at radius 2 is 1.86 bits per heavy atom. The number of nitrogens with one attached hydrogen (secondary N) is 1. The smallest absolute Gasteiger partial charge is 0.240 e. The summed E-state index contributed by atoms with van der Waals surface area (Å²) in [6.45, 7) is 3.54. The van der Waals surface area contributed by atoms with E-state index in [2.05, 4.69) is 5.32 Å². The predicted octanol–water partition coefficient (Wildman–Crippen LogP) is 0.704. The van der Waals surface area contributed by atoms with Crippen LogP contribution in [0.3, 0.4) is 0 Å². The molecular weight excluding hydrogens is 272 g/mol. The number of ether oxygens (including phenoxy) is 1. The summed E-state index contributed by atoms with van der Waals surface area (Å²) in [6.07, 6.45) is 4.28. The van der Waals surface area contributed by atoms with Crippen LogP contribution < -0.4 is 5.32 Å². The molecule has 118 valence electrons. The normalized spacial score (nSPS) is 25.1. The molecule has 1 heterocycles. The molecule has 0 spiro atoms. The molecule has 0 aromatic rings. The molecule has 1 aliphatic carbocycles. The minimum absolute atomic E-state index is 0.140. The minimum Gasteiger partial charge on any atom is -0.382 e. The largest absolute Gasteiger partial charge is 0.382 e. The molecule has 2 atom stereocenters. The molecule has 0 aromatic carbocycles. The zero-order valence-corrected chi connectivity index (χ0v) is 12.6. The molecule has 6 heteroatoms. The predicted molar refractivity (Wildman–Crippen MR) is 76.3 cm³/mol. The lowest BCUT2D eigenvalue weighted by Crippen LogP contribution is -2.41. The van der Waals surface area contributed by atoms with Crippen LogP contribution in [0.4, 0.5) is 0 Å². The summed E-state index contributed by atoms with van der Waals surface area (Å²) < 4.78 is 5.18. The van der Waals surface area contributed by atoms with E-state index in [1.54, 1.807) is 0 Å². The van der Waals surface area contributed by atoms with Crippen molar-refractivity contribution in [2.24, 2.45) is 11.8 Å². The van der Waals surface area contributed by atoms with E-state index in [-0.39, 0.29) is 36.1 Å². The van der Waals surface area contributed by atoms with Crippen molar-refractivity contribution >= 4 is 17.7 Å². The van der Waals surface area contributed by atoms with E-state index in [0.717, 1.165) is 37.0 Å². The molecule has 1 saturated heterocycles. The fourth-order valence-electron chi connectivity index (χ4n) is 3.13. The first kappa shape index (κ1) is 15.9. The maximum absolute atomic E-state index is 12.2. The number of fused-ring (bicyclic) bond motifs is 1. The molecular formula is C15H24N2O4. The molecule has 2 aliphatic rings. The standard InChI is InChI=1S/C15H24N2O4/c1-2-21-9-5-8-16-13(18)10-17-14(19)11-6-3-4-7-12(11)15(17)20/h11-12H,2-10H2,1H3,(H,16,18). The molecule has 21 heavy (non-hydrogen) atoms. The summed E-state index contributed by atoms with van der Waals surface area (Å²) >= 11 is 0. The van der Waals surface area contributed by atoms with Crippen LogP contribution in [0.5, 0.6) is 0 Å². The first-order chi connectivity index (χ1) is 10.1.